The van der Waals surface area contributed by atoms with Crippen LogP contribution in [0.1, 0.15) is 6.42 Å². The summed E-state index contributed by atoms with van der Waals surface area (Å²) in [5, 5.41) is -0.760. The van der Waals surface area contributed by atoms with Crippen LogP contribution in [0.4, 0.5) is 15.7 Å². The predicted molar refractivity (Wildman–Crippen MR) is 74.7 cm³/mol. The third kappa shape index (κ3) is 2.40. The summed E-state index contributed by atoms with van der Waals surface area (Å²) in [5.41, 5.74) is 6.34. The Bertz CT molecular complexity index is 840. The molecule has 1 amide bonds. The minimum absolute atomic E-state index is 0.0117. The van der Waals surface area contributed by atoms with Crippen LogP contribution in [0.15, 0.2) is 24.3 Å². The molecule has 1 fully saturated rings. The molecule has 1 atom stereocenters. The van der Waals surface area contributed by atoms with Crippen molar-refractivity contribution >= 4 is 38.8 Å². The number of halogens is 1. The van der Waals surface area contributed by atoms with Crippen molar-refractivity contribution in [2.24, 2.45) is 0 Å². The van der Waals surface area contributed by atoms with Crippen molar-refractivity contribution < 1.29 is 17.1 Å². The fourth-order valence-corrected chi connectivity index (χ4v) is 2.93. The summed E-state index contributed by atoms with van der Waals surface area (Å²) < 4.78 is 34.9. The molecule has 0 aliphatic carbocycles. The molecule has 1 aromatic carbocycles. The number of benzene rings is 1. The molecule has 110 valence electrons. The maximum Gasteiger partial charge on any atom is 0.307 e. The summed E-state index contributed by atoms with van der Waals surface area (Å²) in [6.45, 7) is -0.310. The van der Waals surface area contributed by atoms with Crippen LogP contribution in [0.25, 0.3) is 10.9 Å². The lowest BCUT2D eigenvalue weighted by atomic mass is 10.2. The Hall–Kier alpha value is -2.29. The zero-order valence-electron chi connectivity index (χ0n) is 10.7. The molecule has 1 aromatic heterocycles. The number of fused-ring (bicyclic) bond motifs is 1. The van der Waals surface area contributed by atoms with Gasteiger partial charge >= 0.3 is 10.2 Å². The number of amides is 1. The Morgan fingerprint density at radius 2 is 2.00 bits per heavy atom. The second-order valence-corrected chi connectivity index (χ2v) is 6.35. The zero-order valence-corrected chi connectivity index (χ0v) is 11.5. The molecule has 1 aliphatic rings. The summed E-state index contributed by atoms with van der Waals surface area (Å²) in [6.07, 6.45) is -0.422. The maximum absolute atomic E-state index is 13.0. The topological polar surface area (TPSA) is 106 Å². The Kier molecular flexibility index (Phi) is 3.01. The lowest BCUT2D eigenvalue weighted by Gasteiger charge is -2.15. The van der Waals surface area contributed by atoms with Crippen LogP contribution < -0.4 is 10.6 Å². The number of aromatic nitrogens is 2. The van der Waals surface area contributed by atoms with Crippen molar-refractivity contribution in [2.45, 2.75) is 11.7 Å². The van der Waals surface area contributed by atoms with E-state index in [0.29, 0.717) is 10.9 Å². The first-order valence-corrected chi connectivity index (χ1v) is 7.57. The number of carbonyl (C=O) groups is 1. The van der Waals surface area contributed by atoms with Crippen LogP contribution in [0.2, 0.25) is 0 Å². The molecular weight excluding hydrogens is 299 g/mol. The lowest BCUT2D eigenvalue weighted by Crippen LogP contribution is -2.28. The molecule has 0 saturated carbocycles. The number of anilines is 2. The van der Waals surface area contributed by atoms with Gasteiger partial charge in [0.15, 0.2) is 0 Å². The molecule has 3 rings (SSSR count). The fourth-order valence-electron chi connectivity index (χ4n) is 2.27. The summed E-state index contributed by atoms with van der Waals surface area (Å²) in [5.74, 6) is -0.381. The van der Waals surface area contributed by atoms with Gasteiger partial charge in [-0.1, -0.05) is 12.1 Å². The number of nitrogen functional groups attached to an aromatic ring is 1. The molecular formula is C12H11FN4O3S. The highest BCUT2D eigenvalue weighted by molar-refractivity contribution is 7.87. The Balaban J connectivity index is 2.03. The largest absolute Gasteiger partial charge is 0.383 e. The lowest BCUT2D eigenvalue weighted by molar-refractivity contribution is -0.117. The van der Waals surface area contributed by atoms with Crippen LogP contribution in [0.5, 0.6) is 0 Å². The van der Waals surface area contributed by atoms with Gasteiger partial charge in [0.05, 0.1) is 5.52 Å². The van der Waals surface area contributed by atoms with E-state index in [1.807, 2.05) is 0 Å². The van der Waals surface area contributed by atoms with Gasteiger partial charge in [-0.15, -0.1) is 3.89 Å². The van der Waals surface area contributed by atoms with Gasteiger partial charge in [-0.05, 0) is 12.1 Å². The van der Waals surface area contributed by atoms with E-state index < -0.39 is 27.8 Å². The van der Waals surface area contributed by atoms with Gasteiger partial charge in [0.2, 0.25) is 11.9 Å². The van der Waals surface area contributed by atoms with E-state index in [1.54, 1.807) is 24.3 Å². The number of nitrogens with two attached hydrogens (primary N) is 1. The molecule has 0 spiro atoms. The van der Waals surface area contributed by atoms with E-state index in [1.165, 1.54) is 0 Å². The Morgan fingerprint density at radius 3 is 2.67 bits per heavy atom. The molecule has 21 heavy (non-hydrogen) atoms. The van der Waals surface area contributed by atoms with Crippen LogP contribution in [-0.2, 0) is 15.0 Å². The summed E-state index contributed by atoms with van der Waals surface area (Å²) in [4.78, 5) is 21.1. The van der Waals surface area contributed by atoms with Crippen LogP contribution >= 0.6 is 0 Å². The quantitative estimate of drug-likeness (QED) is 0.815. The zero-order chi connectivity index (χ0) is 15.2. The smallest absolute Gasteiger partial charge is 0.307 e. The SMILES string of the molecule is Nc1nc(N2CC(S(=O)(=O)F)CC2=O)nc2ccccc12. The molecule has 0 bridgehead atoms. The first kappa shape index (κ1) is 13.7. The molecule has 1 unspecified atom stereocenters. The van der Waals surface area contributed by atoms with Gasteiger partial charge in [-0.25, -0.2) is 4.98 Å². The highest BCUT2D eigenvalue weighted by Crippen LogP contribution is 2.26. The summed E-state index contributed by atoms with van der Waals surface area (Å²) in [7, 11) is -4.78. The highest BCUT2D eigenvalue weighted by Gasteiger charge is 2.40. The fraction of sp³-hybridized carbons (Fsp3) is 0.250. The summed E-state index contributed by atoms with van der Waals surface area (Å²) >= 11 is 0. The van der Waals surface area contributed by atoms with Crippen molar-refractivity contribution in [2.75, 3.05) is 17.2 Å². The normalized spacial score (nSPS) is 19.4. The number of para-hydroxylation sites is 1. The number of hydrogen-bond acceptors (Lipinski definition) is 6. The Morgan fingerprint density at radius 1 is 1.29 bits per heavy atom. The monoisotopic (exact) mass is 310 g/mol. The van der Waals surface area contributed by atoms with Gasteiger partial charge < -0.3 is 5.73 Å². The second-order valence-electron chi connectivity index (χ2n) is 4.73. The molecule has 1 aliphatic heterocycles. The maximum atomic E-state index is 13.0. The first-order valence-electron chi connectivity index (χ1n) is 6.12. The first-order chi connectivity index (χ1) is 9.86. The highest BCUT2D eigenvalue weighted by atomic mass is 32.3. The standard InChI is InChI=1S/C12H11FN4O3S/c13-21(19,20)7-5-10(18)17(6-7)12-15-9-4-2-1-3-8(9)11(14)16-12/h1-4,7H,5-6H2,(H2,14,15,16). The average molecular weight is 310 g/mol. The molecule has 1 saturated heterocycles. The number of rotatable bonds is 2. The minimum atomic E-state index is -4.78. The van der Waals surface area contributed by atoms with Crippen molar-refractivity contribution in [3.05, 3.63) is 24.3 Å². The minimum Gasteiger partial charge on any atom is -0.383 e. The van der Waals surface area contributed by atoms with Crippen molar-refractivity contribution in [1.82, 2.24) is 9.97 Å². The van der Waals surface area contributed by atoms with Crippen LogP contribution in [0, 0.1) is 0 Å². The van der Waals surface area contributed by atoms with Crippen LogP contribution in [0.3, 0.4) is 0 Å². The number of hydrogen-bond donors (Lipinski definition) is 1. The molecule has 2 N–H and O–H groups in total. The van der Waals surface area contributed by atoms with Crippen molar-refractivity contribution in [3.63, 3.8) is 0 Å². The van der Waals surface area contributed by atoms with Gasteiger partial charge in [0.1, 0.15) is 11.1 Å². The van der Waals surface area contributed by atoms with E-state index in [4.69, 9.17) is 5.73 Å². The third-order valence-electron chi connectivity index (χ3n) is 3.35. The van der Waals surface area contributed by atoms with Crippen molar-refractivity contribution in [3.8, 4) is 0 Å². The Labute approximate surface area is 119 Å². The second kappa shape index (κ2) is 4.62. The van der Waals surface area contributed by atoms with Gasteiger partial charge in [-0.3, -0.25) is 9.69 Å². The van der Waals surface area contributed by atoms with Gasteiger partial charge in [0, 0.05) is 18.4 Å². The van der Waals surface area contributed by atoms with E-state index in [2.05, 4.69) is 9.97 Å². The number of carbonyl (C=O) groups excluding carboxylic acids is 1. The molecule has 7 nitrogen and oxygen atoms in total. The van der Waals surface area contributed by atoms with E-state index in [9.17, 15) is 17.1 Å². The molecule has 9 heteroatoms. The molecule has 0 radical (unpaired) electrons. The van der Waals surface area contributed by atoms with Crippen LogP contribution in [-0.4, -0.2) is 36.1 Å². The third-order valence-corrected chi connectivity index (χ3v) is 4.46. The number of nitrogens with zero attached hydrogens (tertiary/aromatic N) is 3. The van der Waals surface area contributed by atoms with Gasteiger partial charge in [0.25, 0.3) is 0 Å². The summed E-state index contributed by atoms with van der Waals surface area (Å²) in [6, 6.07) is 6.95. The van der Waals surface area contributed by atoms with Crippen molar-refractivity contribution in [1.29, 1.82) is 0 Å². The molecule has 2 aromatic rings. The van der Waals surface area contributed by atoms with E-state index >= 15 is 0 Å². The van der Waals surface area contributed by atoms with E-state index in [0.717, 1.165) is 4.90 Å². The predicted octanol–water partition coefficient (Wildman–Crippen LogP) is 0.617. The van der Waals surface area contributed by atoms with E-state index in [-0.39, 0.29) is 18.3 Å². The average Bonchev–Trinajstić information content (AvgIpc) is 2.81. The van der Waals surface area contributed by atoms with Gasteiger partial charge in [-0.2, -0.15) is 13.4 Å². The molecule has 2 heterocycles.